The maximum atomic E-state index is 13.3. The number of halogens is 1. The van der Waals surface area contributed by atoms with Crippen molar-refractivity contribution in [2.75, 3.05) is 13.1 Å². The fourth-order valence-corrected chi connectivity index (χ4v) is 5.54. The first-order valence-electron chi connectivity index (χ1n) is 9.57. The van der Waals surface area contributed by atoms with Crippen molar-refractivity contribution in [2.45, 2.75) is 42.9 Å². The van der Waals surface area contributed by atoms with Gasteiger partial charge < -0.3 is 4.90 Å². The standard InChI is InChI=1S/C21H22FN3OS2/c1-14(21(26)25-10-4-2-3-5-11-25)28-20-18-17(12-27-19(18)23-13-24-20)15-6-8-16(22)9-7-15/h6-9,12-14H,2-5,10-11H2,1H3/t14-/m0/s1. The average molecular weight is 416 g/mol. The topological polar surface area (TPSA) is 46.1 Å². The number of carbonyl (C=O) groups excluding carboxylic acids is 1. The Balaban J connectivity index is 1.62. The van der Waals surface area contributed by atoms with Gasteiger partial charge >= 0.3 is 0 Å². The number of hydrogen-bond acceptors (Lipinski definition) is 5. The van der Waals surface area contributed by atoms with E-state index >= 15 is 0 Å². The van der Waals surface area contributed by atoms with E-state index < -0.39 is 0 Å². The fraction of sp³-hybridized carbons (Fsp3) is 0.381. The lowest BCUT2D eigenvalue weighted by molar-refractivity contribution is -0.130. The molecule has 3 heterocycles. The number of amides is 1. The molecule has 1 fully saturated rings. The maximum Gasteiger partial charge on any atom is 0.235 e. The number of aromatic nitrogens is 2. The van der Waals surface area contributed by atoms with Crippen LogP contribution in [0.3, 0.4) is 0 Å². The van der Waals surface area contributed by atoms with Crippen molar-refractivity contribution in [1.82, 2.24) is 14.9 Å². The fourth-order valence-electron chi connectivity index (χ4n) is 3.54. The minimum atomic E-state index is -0.259. The van der Waals surface area contributed by atoms with Gasteiger partial charge in [-0.05, 0) is 37.5 Å². The number of fused-ring (bicyclic) bond motifs is 1. The predicted octanol–water partition coefficient (Wildman–Crippen LogP) is 5.38. The predicted molar refractivity (Wildman–Crippen MR) is 113 cm³/mol. The van der Waals surface area contributed by atoms with Gasteiger partial charge in [0.05, 0.1) is 10.6 Å². The van der Waals surface area contributed by atoms with E-state index in [2.05, 4.69) is 9.97 Å². The number of carbonyl (C=O) groups is 1. The molecule has 3 aromatic rings. The van der Waals surface area contributed by atoms with Gasteiger partial charge in [-0.25, -0.2) is 14.4 Å². The van der Waals surface area contributed by atoms with Gasteiger partial charge in [-0.2, -0.15) is 0 Å². The Labute approximate surface area is 172 Å². The molecule has 0 spiro atoms. The molecule has 0 N–H and O–H groups in total. The van der Waals surface area contributed by atoms with Crippen LogP contribution in [-0.2, 0) is 4.79 Å². The van der Waals surface area contributed by atoms with E-state index in [1.165, 1.54) is 48.1 Å². The second-order valence-corrected chi connectivity index (χ2v) is 9.20. The third-order valence-electron chi connectivity index (χ3n) is 5.04. The largest absolute Gasteiger partial charge is 0.342 e. The second-order valence-electron chi connectivity index (χ2n) is 7.01. The van der Waals surface area contributed by atoms with Crippen molar-refractivity contribution in [3.8, 4) is 11.1 Å². The molecule has 2 aromatic heterocycles. The summed E-state index contributed by atoms with van der Waals surface area (Å²) in [5.74, 6) is -0.0805. The zero-order valence-electron chi connectivity index (χ0n) is 15.7. The molecule has 0 bridgehead atoms. The van der Waals surface area contributed by atoms with Crippen LogP contribution in [0, 0.1) is 5.82 Å². The van der Waals surface area contributed by atoms with Crippen LogP contribution in [0.1, 0.15) is 32.6 Å². The normalized spacial score (nSPS) is 16.1. The summed E-state index contributed by atoms with van der Waals surface area (Å²) < 4.78 is 13.3. The summed E-state index contributed by atoms with van der Waals surface area (Å²) in [6, 6.07) is 6.45. The first-order valence-corrected chi connectivity index (χ1v) is 11.3. The maximum absolute atomic E-state index is 13.3. The smallest absolute Gasteiger partial charge is 0.235 e. The Morgan fingerprint density at radius 1 is 1.14 bits per heavy atom. The lowest BCUT2D eigenvalue weighted by atomic mass is 10.1. The molecule has 4 rings (SSSR count). The number of nitrogens with zero attached hydrogens (tertiary/aromatic N) is 3. The van der Waals surface area contributed by atoms with Gasteiger partial charge in [-0.15, -0.1) is 11.3 Å². The highest BCUT2D eigenvalue weighted by Gasteiger charge is 2.24. The Morgan fingerprint density at radius 3 is 2.57 bits per heavy atom. The van der Waals surface area contributed by atoms with Crippen molar-refractivity contribution in [3.05, 3.63) is 41.8 Å². The number of benzene rings is 1. The highest BCUT2D eigenvalue weighted by Crippen LogP contribution is 2.39. The first kappa shape index (κ1) is 19.3. The van der Waals surface area contributed by atoms with Gasteiger partial charge in [-0.3, -0.25) is 4.79 Å². The van der Waals surface area contributed by atoms with Crippen LogP contribution in [0.5, 0.6) is 0 Å². The lowest BCUT2D eigenvalue weighted by Gasteiger charge is -2.23. The van der Waals surface area contributed by atoms with Gasteiger partial charge in [0.25, 0.3) is 0 Å². The van der Waals surface area contributed by atoms with Crippen LogP contribution in [0.4, 0.5) is 4.39 Å². The number of likely N-dealkylation sites (tertiary alicyclic amines) is 1. The van der Waals surface area contributed by atoms with E-state index in [0.717, 1.165) is 52.3 Å². The second kappa shape index (κ2) is 8.57. The van der Waals surface area contributed by atoms with Gasteiger partial charge in [-0.1, -0.05) is 36.7 Å². The number of thioether (sulfide) groups is 1. The molecule has 1 saturated heterocycles. The Hall–Kier alpha value is -1.99. The van der Waals surface area contributed by atoms with Crippen molar-refractivity contribution in [3.63, 3.8) is 0 Å². The number of hydrogen-bond donors (Lipinski definition) is 0. The molecule has 7 heteroatoms. The molecule has 146 valence electrons. The highest BCUT2D eigenvalue weighted by atomic mass is 32.2. The zero-order chi connectivity index (χ0) is 19.5. The molecule has 1 atom stereocenters. The van der Waals surface area contributed by atoms with E-state index in [1.54, 1.807) is 18.5 Å². The Bertz CT molecular complexity index is 965. The summed E-state index contributed by atoms with van der Waals surface area (Å²) in [5, 5.41) is 3.57. The van der Waals surface area contributed by atoms with Gasteiger partial charge in [0.1, 0.15) is 22.0 Å². The zero-order valence-corrected chi connectivity index (χ0v) is 17.4. The molecule has 0 saturated carbocycles. The summed E-state index contributed by atoms with van der Waals surface area (Å²) in [6.45, 7) is 3.65. The van der Waals surface area contributed by atoms with E-state index in [-0.39, 0.29) is 17.0 Å². The van der Waals surface area contributed by atoms with Gasteiger partial charge in [0.2, 0.25) is 5.91 Å². The Kier molecular flexibility index (Phi) is 5.92. The molecule has 1 aliphatic heterocycles. The summed E-state index contributed by atoms with van der Waals surface area (Å²) >= 11 is 3.03. The van der Waals surface area contributed by atoms with Crippen LogP contribution < -0.4 is 0 Å². The molecule has 1 aliphatic rings. The average Bonchev–Trinajstić information content (AvgIpc) is 2.95. The minimum absolute atomic E-state index is 0.178. The van der Waals surface area contributed by atoms with E-state index in [4.69, 9.17) is 0 Å². The third kappa shape index (κ3) is 4.05. The molecule has 4 nitrogen and oxygen atoms in total. The molecule has 28 heavy (non-hydrogen) atoms. The highest BCUT2D eigenvalue weighted by molar-refractivity contribution is 8.00. The van der Waals surface area contributed by atoms with Crippen molar-refractivity contribution < 1.29 is 9.18 Å². The van der Waals surface area contributed by atoms with Crippen molar-refractivity contribution in [1.29, 1.82) is 0 Å². The van der Waals surface area contributed by atoms with Crippen molar-refractivity contribution in [2.24, 2.45) is 0 Å². The van der Waals surface area contributed by atoms with E-state index in [9.17, 15) is 9.18 Å². The van der Waals surface area contributed by atoms with Crippen molar-refractivity contribution >= 4 is 39.2 Å². The molecule has 1 aromatic carbocycles. The van der Waals surface area contributed by atoms with E-state index in [0.29, 0.717) is 0 Å². The van der Waals surface area contributed by atoms with Crippen LogP contribution >= 0.6 is 23.1 Å². The summed E-state index contributed by atoms with van der Waals surface area (Å²) in [6.07, 6.45) is 6.13. The van der Waals surface area contributed by atoms with Gasteiger partial charge in [0.15, 0.2) is 0 Å². The summed E-state index contributed by atoms with van der Waals surface area (Å²) in [5.41, 5.74) is 1.91. The van der Waals surface area contributed by atoms with Crippen LogP contribution in [0.2, 0.25) is 0 Å². The first-order chi connectivity index (χ1) is 13.6. The third-order valence-corrected chi connectivity index (χ3v) is 7.02. The SMILES string of the molecule is C[C@H](Sc1ncnc2scc(-c3ccc(F)cc3)c12)C(=O)N1CCCCCC1. The minimum Gasteiger partial charge on any atom is -0.342 e. The molecular weight excluding hydrogens is 393 g/mol. The van der Waals surface area contributed by atoms with Crippen LogP contribution in [0.15, 0.2) is 41.0 Å². The number of thiophene rings is 1. The molecule has 1 amide bonds. The molecule has 0 aliphatic carbocycles. The Morgan fingerprint density at radius 2 is 1.86 bits per heavy atom. The van der Waals surface area contributed by atoms with Gasteiger partial charge in [0, 0.05) is 24.0 Å². The summed E-state index contributed by atoms with van der Waals surface area (Å²) in [7, 11) is 0. The van der Waals surface area contributed by atoms with Crippen LogP contribution in [0.25, 0.3) is 21.3 Å². The summed E-state index contributed by atoms with van der Waals surface area (Å²) in [4.78, 5) is 24.7. The van der Waals surface area contributed by atoms with Crippen LogP contribution in [-0.4, -0.2) is 39.1 Å². The monoisotopic (exact) mass is 415 g/mol. The molecule has 0 unspecified atom stereocenters. The molecular formula is C21H22FN3OS2. The molecule has 0 radical (unpaired) electrons. The number of rotatable bonds is 4. The quantitative estimate of drug-likeness (QED) is 0.424. The van der Waals surface area contributed by atoms with E-state index in [1.807, 2.05) is 17.2 Å². The lowest BCUT2D eigenvalue weighted by Crippen LogP contribution is -2.37.